The lowest BCUT2D eigenvalue weighted by Gasteiger charge is -2.07. The highest BCUT2D eigenvalue weighted by atomic mass is 35.5. The Hall–Kier alpha value is -1.31. The summed E-state index contributed by atoms with van der Waals surface area (Å²) in [6, 6.07) is 2.96. The first-order chi connectivity index (χ1) is 9.26. The number of sulfone groups is 1. The van der Waals surface area contributed by atoms with Gasteiger partial charge in [-0.3, -0.25) is 10.1 Å². The second kappa shape index (κ2) is 6.92. The Labute approximate surface area is 126 Å². The number of urea groups is 1. The Morgan fingerprint density at radius 3 is 2.40 bits per heavy atom. The minimum Gasteiger partial charge on any atom is -0.338 e. The molecule has 0 aliphatic rings. The molecule has 0 heterocycles. The number of hydrogen-bond donors (Lipinski definition) is 2. The first-order valence-corrected chi connectivity index (χ1v) is 7.92. The van der Waals surface area contributed by atoms with Crippen LogP contribution in [-0.4, -0.2) is 32.7 Å². The molecule has 0 atom stereocenters. The normalized spacial score (nSPS) is 10.9. The van der Waals surface area contributed by atoms with Gasteiger partial charge in [-0.2, -0.15) is 0 Å². The molecule has 0 bridgehead atoms. The van der Waals surface area contributed by atoms with E-state index >= 15 is 0 Å². The number of amides is 3. The van der Waals surface area contributed by atoms with Crippen molar-refractivity contribution in [3.63, 3.8) is 0 Å². The topological polar surface area (TPSA) is 92.3 Å². The molecule has 3 amide bonds. The first kappa shape index (κ1) is 16.7. The van der Waals surface area contributed by atoms with Crippen LogP contribution in [-0.2, 0) is 14.6 Å². The Morgan fingerprint density at radius 1 is 1.20 bits per heavy atom. The molecule has 0 spiro atoms. The molecule has 20 heavy (non-hydrogen) atoms. The second-order valence-electron chi connectivity index (χ2n) is 3.74. The van der Waals surface area contributed by atoms with Crippen molar-refractivity contribution in [3.8, 4) is 0 Å². The summed E-state index contributed by atoms with van der Waals surface area (Å²) in [6.45, 7) is 1.98. The van der Waals surface area contributed by atoms with E-state index in [0.717, 1.165) is 6.07 Å². The van der Waals surface area contributed by atoms with Gasteiger partial charge in [-0.1, -0.05) is 23.2 Å². The summed E-state index contributed by atoms with van der Waals surface area (Å²) < 4.78 is 23.9. The van der Waals surface area contributed by atoms with Crippen LogP contribution in [0.15, 0.2) is 23.1 Å². The lowest BCUT2D eigenvalue weighted by Crippen LogP contribution is -2.41. The molecule has 0 fully saturated rings. The minimum atomic E-state index is -3.89. The van der Waals surface area contributed by atoms with Gasteiger partial charge < -0.3 is 5.32 Å². The Morgan fingerprint density at radius 2 is 1.85 bits per heavy atom. The van der Waals surface area contributed by atoms with Crippen LogP contribution < -0.4 is 10.6 Å². The smallest absolute Gasteiger partial charge is 0.321 e. The van der Waals surface area contributed by atoms with E-state index in [9.17, 15) is 18.0 Å². The highest BCUT2D eigenvalue weighted by Crippen LogP contribution is 2.25. The predicted octanol–water partition coefficient (Wildman–Crippen LogP) is 1.61. The van der Waals surface area contributed by atoms with E-state index in [0.29, 0.717) is 6.54 Å². The molecule has 9 heteroatoms. The number of rotatable bonds is 4. The fraction of sp³-hybridized carbons (Fsp3) is 0.273. The molecule has 110 valence electrons. The Bertz CT molecular complexity index is 631. The summed E-state index contributed by atoms with van der Waals surface area (Å²) in [7, 11) is -3.89. The molecule has 0 saturated heterocycles. The zero-order valence-corrected chi connectivity index (χ0v) is 12.8. The number of benzene rings is 1. The van der Waals surface area contributed by atoms with E-state index in [-0.39, 0.29) is 14.9 Å². The lowest BCUT2D eigenvalue weighted by atomic mass is 10.4. The van der Waals surface area contributed by atoms with E-state index < -0.39 is 27.5 Å². The third-order valence-electron chi connectivity index (χ3n) is 2.16. The number of nitrogens with one attached hydrogen (secondary N) is 2. The number of imide groups is 1. The molecule has 2 N–H and O–H groups in total. The van der Waals surface area contributed by atoms with Gasteiger partial charge >= 0.3 is 6.03 Å². The van der Waals surface area contributed by atoms with Crippen molar-refractivity contribution in [3.05, 3.63) is 28.2 Å². The monoisotopic (exact) mass is 338 g/mol. The summed E-state index contributed by atoms with van der Waals surface area (Å²) >= 11 is 11.4. The van der Waals surface area contributed by atoms with Gasteiger partial charge in [0.2, 0.25) is 5.91 Å². The van der Waals surface area contributed by atoms with Gasteiger partial charge in [-0.25, -0.2) is 13.2 Å². The van der Waals surface area contributed by atoms with Gasteiger partial charge in [-0.15, -0.1) is 0 Å². The van der Waals surface area contributed by atoms with Crippen molar-refractivity contribution < 1.29 is 18.0 Å². The van der Waals surface area contributed by atoms with E-state index in [1.165, 1.54) is 12.1 Å². The van der Waals surface area contributed by atoms with E-state index in [1.807, 2.05) is 5.32 Å². The van der Waals surface area contributed by atoms with Crippen LogP contribution in [0, 0.1) is 0 Å². The molecule has 0 aliphatic carbocycles. The second-order valence-corrected chi connectivity index (χ2v) is 6.55. The zero-order valence-electron chi connectivity index (χ0n) is 10.4. The van der Waals surface area contributed by atoms with Crippen molar-refractivity contribution in [2.45, 2.75) is 11.8 Å². The van der Waals surface area contributed by atoms with Gasteiger partial charge in [0.1, 0.15) is 5.75 Å². The largest absolute Gasteiger partial charge is 0.338 e. The fourth-order valence-corrected chi connectivity index (χ4v) is 2.81. The van der Waals surface area contributed by atoms with Gasteiger partial charge in [0.05, 0.1) is 14.9 Å². The van der Waals surface area contributed by atoms with Gasteiger partial charge in [0, 0.05) is 6.54 Å². The van der Waals surface area contributed by atoms with E-state index in [2.05, 4.69) is 5.32 Å². The summed E-state index contributed by atoms with van der Waals surface area (Å²) in [5, 5.41) is 4.49. The van der Waals surface area contributed by atoms with E-state index in [1.54, 1.807) is 6.92 Å². The van der Waals surface area contributed by atoms with Gasteiger partial charge in [0.25, 0.3) is 0 Å². The molecule has 0 unspecified atom stereocenters. The van der Waals surface area contributed by atoms with Crippen molar-refractivity contribution in [1.82, 2.24) is 10.6 Å². The molecule has 0 saturated carbocycles. The minimum absolute atomic E-state index is 0.0666. The maximum atomic E-state index is 12.0. The fourth-order valence-electron chi connectivity index (χ4n) is 1.29. The predicted molar refractivity (Wildman–Crippen MR) is 75.7 cm³/mol. The van der Waals surface area contributed by atoms with Crippen molar-refractivity contribution in [2.24, 2.45) is 0 Å². The van der Waals surface area contributed by atoms with E-state index in [4.69, 9.17) is 23.2 Å². The van der Waals surface area contributed by atoms with Crippen LogP contribution in [0.25, 0.3) is 0 Å². The molecule has 1 rings (SSSR count). The summed E-state index contributed by atoms with van der Waals surface area (Å²) in [5.41, 5.74) is 0. The zero-order chi connectivity index (χ0) is 15.3. The average molecular weight is 339 g/mol. The summed E-state index contributed by atoms with van der Waals surface area (Å²) in [6.07, 6.45) is 0. The molecule has 0 radical (unpaired) electrons. The van der Waals surface area contributed by atoms with Crippen molar-refractivity contribution in [1.29, 1.82) is 0 Å². The lowest BCUT2D eigenvalue weighted by molar-refractivity contribution is -0.117. The SMILES string of the molecule is CCNC(=O)NC(=O)CS(=O)(=O)c1ccc(Cl)c(Cl)c1. The highest BCUT2D eigenvalue weighted by molar-refractivity contribution is 7.92. The molecule has 0 aromatic heterocycles. The Balaban J connectivity index is 2.82. The molecular formula is C11H12Cl2N2O4S. The third-order valence-corrected chi connectivity index (χ3v) is 4.52. The average Bonchev–Trinajstić information content (AvgIpc) is 2.31. The van der Waals surface area contributed by atoms with Crippen LogP contribution in [0.2, 0.25) is 10.0 Å². The van der Waals surface area contributed by atoms with Crippen LogP contribution in [0.5, 0.6) is 0 Å². The number of hydrogen-bond acceptors (Lipinski definition) is 4. The van der Waals surface area contributed by atoms with Crippen LogP contribution in [0.4, 0.5) is 4.79 Å². The van der Waals surface area contributed by atoms with Crippen LogP contribution in [0.3, 0.4) is 0 Å². The first-order valence-electron chi connectivity index (χ1n) is 5.51. The molecule has 0 aliphatic heterocycles. The molecule has 1 aromatic carbocycles. The van der Waals surface area contributed by atoms with Crippen LogP contribution >= 0.6 is 23.2 Å². The maximum Gasteiger partial charge on any atom is 0.321 e. The number of carbonyl (C=O) groups is 2. The van der Waals surface area contributed by atoms with Crippen molar-refractivity contribution >= 4 is 45.0 Å². The van der Waals surface area contributed by atoms with Crippen LogP contribution in [0.1, 0.15) is 6.92 Å². The molecule has 6 nitrogen and oxygen atoms in total. The maximum absolute atomic E-state index is 12.0. The quantitative estimate of drug-likeness (QED) is 0.872. The van der Waals surface area contributed by atoms with Gasteiger partial charge in [0.15, 0.2) is 9.84 Å². The highest BCUT2D eigenvalue weighted by Gasteiger charge is 2.21. The standard InChI is InChI=1S/C11H12Cl2N2O4S/c1-2-14-11(17)15-10(16)6-20(18,19)7-3-4-8(12)9(13)5-7/h3-5H,2,6H2,1H3,(H2,14,15,16,17). The summed E-state index contributed by atoms with van der Waals surface area (Å²) in [4.78, 5) is 22.4. The third kappa shape index (κ3) is 4.66. The van der Waals surface area contributed by atoms with Gasteiger partial charge in [-0.05, 0) is 25.1 Å². The molecular weight excluding hydrogens is 327 g/mol. The number of halogens is 2. The van der Waals surface area contributed by atoms with Crippen molar-refractivity contribution in [2.75, 3.05) is 12.3 Å². The number of carbonyl (C=O) groups excluding carboxylic acids is 2. The summed E-state index contributed by atoms with van der Waals surface area (Å²) in [5.74, 6) is -1.79. The Kier molecular flexibility index (Phi) is 5.79. The molecule has 1 aromatic rings.